The van der Waals surface area contributed by atoms with Gasteiger partial charge in [0.2, 0.25) is 11.6 Å². The van der Waals surface area contributed by atoms with Crippen molar-refractivity contribution >= 4 is 11.6 Å². The molecule has 2 rings (SSSR count). The first-order chi connectivity index (χ1) is 9.27. The van der Waals surface area contributed by atoms with Crippen LogP contribution in [0.4, 0.5) is 22.0 Å². The summed E-state index contributed by atoms with van der Waals surface area (Å²) in [6.45, 7) is 0. The summed E-state index contributed by atoms with van der Waals surface area (Å²) in [5.74, 6) is -3.81. The quantitative estimate of drug-likeness (QED) is 0.755. The third kappa shape index (κ3) is 3.16. The van der Waals surface area contributed by atoms with Crippen LogP contribution in [-0.2, 0) is 6.18 Å². The first kappa shape index (κ1) is 14.5. The van der Waals surface area contributed by atoms with Crippen molar-refractivity contribution in [3.8, 4) is 11.6 Å². The van der Waals surface area contributed by atoms with Crippen LogP contribution < -0.4 is 4.74 Å². The molecule has 1 aromatic heterocycles. The molecule has 0 aliphatic heterocycles. The third-order valence-corrected chi connectivity index (χ3v) is 2.32. The topological polar surface area (TPSA) is 22.1 Å². The van der Waals surface area contributed by atoms with Crippen molar-refractivity contribution in [2.45, 2.75) is 6.18 Å². The first-order valence-electron chi connectivity index (χ1n) is 5.05. The number of hydrogen-bond donors (Lipinski definition) is 0. The Hall–Kier alpha value is -1.89. The molecule has 2 nitrogen and oxygen atoms in total. The van der Waals surface area contributed by atoms with Gasteiger partial charge in [-0.05, 0) is 18.2 Å². The van der Waals surface area contributed by atoms with Crippen molar-refractivity contribution in [3.63, 3.8) is 0 Å². The smallest absolute Gasteiger partial charge is 0.433 e. The Balaban J connectivity index is 2.36. The zero-order valence-electron chi connectivity index (χ0n) is 9.43. The molecule has 0 amide bonds. The lowest BCUT2D eigenvalue weighted by atomic mass is 10.3. The van der Waals surface area contributed by atoms with E-state index in [1.807, 2.05) is 6.07 Å². The van der Waals surface area contributed by atoms with Crippen molar-refractivity contribution in [2.24, 2.45) is 0 Å². The molecule has 0 spiro atoms. The van der Waals surface area contributed by atoms with Crippen molar-refractivity contribution in [3.05, 3.63) is 52.7 Å². The van der Waals surface area contributed by atoms with E-state index in [1.165, 1.54) is 0 Å². The highest BCUT2D eigenvalue weighted by Gasteiger charge is 2.33. The number of alkyl halides is 3. The molecule has 0 N–H and O–H groups in total. The van der Waals surface area contributed by atoms with Gasteiger partial charge < -0.3 is 4.74 Å². The second-order valence-electron chi connectivity index (χ2n) is 3.57. The first-order valence-corrected chi connectivity index (χ1v) is 5.43. The SMILES string of the molecule is Fc1cc(Cl)cc(F)c1Oc1cc[c]c(C(F)(F)F)n1. The monoisotopic (exact) mass is 308 g/mol. The lowest BCUT2D eigenvalue weighted by Crippen LogP contribution is -2.08. The van der Waals surface area contributed by atoms with Crippen LogP contribution in [0, 0.1) is 17.7 Å². The second-order valence-corrected chi connectivity index (χ2v) is 4.01. The van der Waals surface area contributed by atoms with E-state index in [-0.39, 0.29) is 5.02 Å². The number of hydrogen-bond acceptors (Lipinski definition) is 2. The Bertz CT molecular complexity index is 621. The summed E-state index contributed by atoms with van der Waals surface area (Å²) in [6, 6.07) is 5.25. The molecule has 2 aromatic rings. The van der Waals surface area contributed by atoms with Crippen LogP contribution in [0.15, 0.2) is 24.3 Å². The standard InChI is InChI=1S/C12H4ClF5NO/c13-6-4-7(14)11(8(15)5-6)20-10-3-1-2-9(19-10)12(16,17)18/h1,3-5H. The van der Waals surface area contributed by atoms with Gasteiger partial charge in [-0.25, -0.2) is 13.8 Å². The van der Waals surface area contributed by atoms with Gasteiger partial charge in [-0.1, -0.05) is 11.6 Å². The third-order valence-electron chi connectivity index (χ3n) is 2.11. The van der Waals surface area contributed by atoms with Crippen LogP contribution in [0.1, 0.15) is 5.69 Å². The van der Waals surface area contributed by atoms with Crippen molar-refractivity contribution in [1.29, 1.82) is 0 Å². The van der Waals surface area contributed by atoms with Crippen molar-refractivity contribution in [1.82, 2.24) is 4.98 Å². The number of benzene rings is 1. The van der Waals surface area contributed by atoms with E-state index in [0.717, 1.165) is 24.3 Å². The number of ether oxygens (including phenoxy) is 1. The molecule has 0 aliphatic rings. The molecule has 8 heteroatoms. The van der Waals surface area contributed by atoms with Gasteiger partial charge in [0.05, 0.1) is 0 Å². The van der Waals surface area contributed by atoms with Gasteiger partial charge in [0.25, 0.3) is 0 Å². The molecule has 0 atom stereocenters. The molecule has 1 heterocycles. The summed E-state index contributed by atoms with van der Waals surface area (Å²) >= 11 is 5.41. The fourth-order valence-electron chi connectivity index (χ4n) is 1.30. The summed E-state index contributed by atoms with van der Waals surface area (Å²) < 4.78 is 68.7. The van der Waals surface area contributed by atoms with Crippen LogP contribution in [0.2, 0.25) is 5.02 Å². The van der Waals surface area contributed by atoms with Crippen molar-refractivity contribution < 1.29 is 26.7 Å². The van der Waals surface area contributed by atoms with Crippen molar-refractivity contribution in [2.75, 3.05) is 0 Å². The molecular formula is C12H4ClF5NO. The van der Waals surface area contributed by atoms with E-state index in [4.69, 9.17) is 16.3 Å². The molecule has 0 fully saturated rings. The zero-order chi connectivity index (χ0) is 14.9. The molecule has 0 saturated heterocycles. The Morgan fingerprint density at radius 3 is 2.30 bits per heavy atom. The fourth-order valence-corrected chi connectivity index (χ4v) is 1.50. The summed E-state index contributed by atoms with van der Waals surface area (Å²) in [5, 5.41) is -0.210. The van der Waals surface area contributed by atoms with Gasteiger partial charge in [0.1, 0.15) is 0 Å². The molecule has 0 bridgehead atoms. The minimum absolute atomic E-state index is 0.210. The summed E-state index contributed by atoms with van der Waals surface area (Å²) in [4.78, 5) is 3.07. The van der Waals surface area contributed by atoms with E-state index < -0.39 is 35.1 Å². The van der Waals surface area contributed by atoms with Gasteiger partial charge >= 0.3 is 6.18 Å². The van der Waals surface area contributed by atoms with Gasteiger partial charge in [0.15, 0.2) is 17.3 Å². The number of aromatic nitrogens is 1. The predicted molar refractivity (Wildman–Crippen MR) is 59.5 cm³/mol. The second kappa shape index (κ2) is 5.24. The summed E-state index contributed by atoms with van der Waals surface area (Å²) in [7, 11) is 0. The summed E-state index contributed by atoms with van der Waals surface area (Å²) in [5.41, 5.74) is -1.36. The number of rotatable bonds is 2. The van der Waals surface area contributed by atoms with Crippen LogP contribution in [0.5, 0.6) is 11.6 Å². The normalized spacial score (nSPS) is 11.5. The molecule has 0 saturated carbocycles. The maximum absolute atomic E-state index is 13.4. The largest absolute Gasteiger partial charge is 0.434 e. The number of halogens is 6. The van der Waals surface area contributed by atoms with Gasteiger partial charge in [0, 0.05) is 17.2 Å². The molecule has 20 heavy (non-hydrogen) atoms. The van der Waals surface area contributed by atoms with Gasteiger partial charge in [-0.15, -0.1) is 0 Å². The lowest BCUT2D eigenvalue weighted by molar-refractivity contribution is -0.141. The maximum Gasteiger partial charge on any atom is 0.434 e. The average Bonchev–Trinajstić information content (AvgIpc) is 2.33. The minimum atomic E-state index is -4.74. The highest BCUT2D eigenvalue weighted by molar-refractivity contribution is 6.30. The molecule has 105 valence electrons. The molecule has 0 aliphatic carbocycles. The Morgan fingerprint density at radius 2 is 1.75 bits per heavy atom. The van der Waals surface area contributed by atoms with Crippen LogP contribution in [-0.4, -0.2) is 4.98 Å². The predicted octanol–water partition coefficient (Wildman–Crippen LogP) is 4.62. The Kier molecular flexibility index (Phi) is 3.80. The fraction of sp³-hybridized carbons (Fsp3) is 0.0833. The lowest BCUT2D eigenvalue weighted by Gasteiger charge is -2.09. The van der Waals surface area contributed by atoms with E-state index in [2.05, 4.69) is 4.98 Å². The summed E-state index contributed by atoms with van der Waals surface area (Å²) in [6.07, 6.45) is -4.74. The highest BCUT2D eigenvalue weighted by atomic mass is 35.5. The van der Waals surface area contributed by atoms with E-state index in [9.17, 15) is 22.0 Å². The van der Waals surface area contributed by atoms with E-state index in [1.54, 1.807) is 0 Å². The van der Waals surface area contributed by atoms with Crippen LogP contribution >= 0.6 is 11.6 Å². The number of pyridine rings is 1. The molecule has 0 unspecified atom stereocenters. The van der Waals surface area contributed by atoms with E-state index >= 15 is 0 Å². The Morgan fingerprint density at radius 1 is 1.15 bits per heavy atom. The van der Waals surface area contributed by atoms with Crippen LogP contribution in [0.3, 0.4) is 0 Å². The van der Waals surface area contributed by atoms with Crippen LogP contribution in [0.25, 0.3) is 0 Å². The van der Waals surface area contributed by atoms with E-state index in [0.29, 0.717) is 0 Å². The maximum atomic E-state index is 13.4. The molecule has 1 radical (unpaired) electrons. The van der Waals surface area contributed by atoms with Gasteiger partial charge in [-0.2, -0.15) is 13.2 Å². The molecular weight excluding hydrogens is 305 g/mol. The minimum Gasteiger partial charge on any atom is -0.433 e. The zero-order valence-corrected chi connectivity index (χ0v) is 10.2. The average molecular weight is 309 g/mol. The van der Waals surface area contributed by atoms with Gasteiger partial charge in [-0.3, -0.25) is 0 Å². The molecule has 1 aromatic carbocycles. The Labute approximate surface area is 114 Å². The number of nitrogens with zero attached hydrogens (tertiary/aromatic N) is 1. The highest BCUT2D eigenvalue weighted by Crippen LogP contribution is 2.32.